The van der Waals surface area contributed by atoms with Gasteiger partial charge in [-0.25, -0.2) is 13.8 Å². The zero-order valence-electron chi connectivity index (χ0n) is 17.5. The second-order valence-electron chi connectivity index (χ2n) is 8.37. The molecule has 0 radical (unpaired) electrons. The molecule has 0 spiro atoms. The monoisotopic (exact) mass is 437 g/mol. The van der Waals surface area contributed by atoms with Crippen LogP contribution in [0.2, 0.25) is 0 Å². The van der Waals surface area contributed by atoms with Crippen LogP contribution in [0.1, 0.15) is 24.0 Å². The minimum Gasteiger partial charge on any atom is -0.391 e. The third-order valence-corrected chi connectivity index (χ3v) is 6.22. The first-order chi connectivity index (χ1) is 15.6. The first-order valence-electron chi connectivity index (χ1n) is 10.8. The Bertz CT molecular complexity index is 1220. The molecule has 0 aliphatic heterocycles. The predicted octanol–water partition coefficient (Wildman–Crippen LogP) is 3.13. The van der Waals surface area contributed by atoms with Gasteiger partial charge < -0.3 is 20.1 Å². The van der Waals surface area contributed by atoms with Gasteiger partial charge in [-0.3, -0.25) is 4.98 Å². The number of aromatic nitrogens is 3. The lowest BCUT2D eigenvalue weighted by atomic mass is 9.86. The van der Waals surface area contributed by atoms with Crippen molar-refractivity contribution in [2.75, 3.05) is 0 Å². The molecule has 1 aliphatic rings. The summed E-state index contributed by atoms with van der Waals surface area (Å²) in [6.07, 6.45) is 5.74. The summed E-state index contributed by atoms with van der Waals surface area (Å²) in [7, 11) is 0. The smallest absolute Gasteiger partial charge is 0.141 e. The molecule has 4 atom stereocenters. The Kier molecular flexibility index (Phi) is 5.82. The van der Waals surface area contributed by atoms with Crippen LogP contribution in [0.3, 0.4) is 0 Å². The Morgan fingerprint density at radius 3 is 2.75 bits per heavy atom. The molecule has 4 unspecified atom stereocenters. The number of imidazole rings is 1. The largest absolute Gasteiger partial charge is 0.391 e. The van der Waals surface area contributed by atoms with E-state index in [1.807, 2.05) is 35.0 Å². The van der Waals surface area contributed by atoms with Crippen LogP contribution in [0.5, 0.6) is 0 Å². The number of fused-ring (bicyclic) bond motifs is 2. The van der Waals surface area contributed by atoms with Crippen molar-refractivity contribution in [3.63, 3.8) is 0 Å². The lowest BCUT2D eigenvalue weighted by molar-refractivity contribution is 0.0250. The molecule has 166 valence electrons. The van der Waals surface area contributed by atoms with Gasteiger partial charge in [0.1, 0.15) is 17.6 Å². The molecule has 1 aromatic carbocycles. The molecule has 6 nitrogen and oxygen atoms in total. The van der Waals surface area contributed by atoms with E-state index in [9.17, 15) is 13.9 Å². The first-order valence-corrected chi connectivity index (χ1v) is 10.8. The Morgan fingerprint density at radius 2 is 1.88 bits per heavy atom. The van der Waals surface area contributed by atoms with Crippen molar-refractivity contribution < 1.29 is 13.9 Å². The van der Waals surface area contributed by atoms with E-state index in [-0.39, 0.29) is 19.0 Å². The van der Waals surface area contributed by atoms with Crippen molar-refractivity contribution in [2.45, 2.75) is 50.3 Å². The molecule has 0 saturated heterocycles. The Labute approximate surface area is 184 Å². The summed E-state index contributed by atoms with van der Waals surface area (Å²) < 4.78 is 31.3. The Balaban J connectivity index is 1.20. The summed E-state index contributed by atoms with van der Waals surface area (Å²) in [5.41, 5.74) is 2.89. The number of aliphatic hydroxyl groups excluding tert-OH is 1. The maximum Gasteiger partial charge on any atom is 0.141 e. The highest BCUT2D eigenvalue weighted by Gasteiger charge is 2.37. The van der Waals surface area contributed by atoms with Crippen molar-refractivity contribution >= 4 is 16.6 Å². The van der Waals surface area contributed by atoms with Gasteiger partial charge in [0.15, 0.2) is 0 Å². The summed E-state index contributed by atoms with van der Waals surface area (Å²) in [4.78, 5) is 8.50. The summed E-state index contributed by atoms with van der Waals surface area (Å²) in [5.74, 6) is -0.392. The van der Waals surface area contributed by atoms with E-state index in [1.54, 1.807) is 24.5 Å². The van der Waals surface area contributed by atoms with E-state index in [0.717, 1.165) is 16.6 Å². The zero-order valence-corrected chi connectivity index (χ0v) is 17.5. The van der Waals surface area contributed by atoms with E-state index in [4.69, 9.17) is 0 Å². The second-order valence-corrected chi connectivity index (χ2v) is 8.37. The van der Waals surface area contributed by atoms with Crippen molar-refractivity contribution in [1.29, 1.82) is 0 Å². The Hall–Kier alpha value is -2.94. The second kappa shape index (κ2) is 8.90. The summed E-state index contributed by atoms with van der Waals surface area (Å²) in [6, 6.07) is 9.79. The van der Waals surface area contributed by atoms with Crippen molar-refractivity contribution in [3.05, 3.63) is 78.1 Å². The van der Waals surface area contributed by atoms with Crippen LogP contribution in [-0.4, -0.2) is 43.8 Å². The van der Waals surface area contributed by atoms with Gasteiger partial charge in [-0.05, 0) is 31.0 Å². The van der Waals surface area contributed by atoms with Crippen LogP contribution in [0, 0.1) is 5.82 Å². The molecule has 3 heterocycles. The van der Waals surface area contributed by atoms with Crippen LogP contribution >= 0.6 is 0 Å². The van der Waals surface area contributed by atoms with Crippen LogP contribution in [-0.2, 0) is 13.1 Å². The fourth-order valence-electron chi connectivity index (χ4n) is 4.53. The molecule has 0 bridgehead atoms. The molecule has 0 amide bonds. The van der Waals surface area contributed by atoms with E-state index < -0.39 is 24.1 Å². The van der Waals surface area contributed by atoms with Gasteiger partial charge in [-0.2, -0.15) is 0 Å². The molecular formula is C24H25F2N5O. The van der Waals surface area contributed by atoms with Crippen LogP contribution in [0.15, 0.2) is 61.2 Å². The molecule has 3 N–H and O–H groups in total. The fourth-order valence-corrected chi connectivity index (χ4v) is 4.53. The van der Waals surface area contributed by atoms with Gasteiger partial charge in [0.2, 0.25) is 0 Å². The van der Waals surface area contributed by atoms with Gasteiger partial charge in [-0.15, -0.1) is 0 Å². The normalized spacial score (nSPS) is 23.7. The summed E-state index contributed by atoms with van der Waals surface area (Å²) in [5, 5.41) is 17.8. The SMILES string of the molecule is OC1CC(NCc2cccn3ccnc23)CC(F)C1NCc1cc2cccnc2cc1F. The summed E-state index contributed by atoms with van der Waals surface area (Å²) >= 11 is 0. The number of hydrogen-bond donors (Lipinski definition) is 3. The molecular weight excluding hydrogens is 412 g/mol. The lowest BCUT2D eigenvalue weighted by Crippen LogP contribution is -2.55. The molecule has 1 aliphatic carbocycles. The third kappa shape index (κ3) is 4.21. The van der Waals surface area contributed by atoms with E-state index >= 15 is 0 Å². The number of aliphatic hydroxyl groups is 1. The lowest BCUT2D eigenvalue weighted by Gasteiger charge is -2.37. The highest BCUT2D eigenvalue weighted by Crippen LogP contribution is 2.25. The number of alkyl halides is 1. The van der Waals surface area contributed by atoms with E-state index in [1.165, 1.54) is 6.07 Å². The molecule has 32 heavy (non-hydrogen) atoms. The number of benzene rings is 1. The van der Waals surface area contributed by atoms with Crippen molar-refractivity contribution in [2.24, 2.45) is 0 Å². The van der Waals surface area contributed by atoms with Crippen LogP contribution < -0.4 is 10.6 Å². The van der Waals surface area contributed by atoms with Crippen LogP contribution in [0.4, 0.5) is 8.78 Å². The minimum atomic E-state index is -1.25. The highest BCUT2D eigenvalue weighted by atomic mass is 19.1. The Morgan fingerprint density at radius 1 is 1.00 bits per heavy atom. The molecule has 8 heteroatoms. The highest BCUT2D eigenvalue weighted by molar-refractivity contribution is 5.79. The van der Waals surface area contributed by atoms with Crippen molar-refractivity contribution in [3.8, 4) is 0 Å². The average molecular weight is 437 g/mol. The molecule has 3 aromatic heterocycles. The standard InChI is InChI=1S/C24H25F2N5O/c25-19-12-21-15(3-1-5-27-21)9-17(19)14-30-23-20(26)10-18(11-22(23)32)29-13-16-4-2-7-31-8-6-28-24(16)31/h1-9,12,18,20,22-23,29-30,32H,10-11,13-14H2. The third-order valence-electron chi connectivity index (χ3n) is 6.22. The molecule has 5 rings (SSSR count). The number of pyridine rings is 2. The number of hydrogen-bond acceptors (Lipinski definition) is 5. The molecule has 4 aromatic rings. The summed E-state index contributed by atoms with van der Waals surface area (Å²) in [6.45, 7) is 0.679. The zero-order chi connectivity index (χ0) is 22.1. The number of rotatable bonds is 6. The number of nitrogens with zero attached hydrogens (tertiary/aromatic N) is 3. The van der Waals surface area contributed by atoms with Gasteiger partial charge >= 0.3 is 0 Å². The fraction of sp³-hybridized carbons (Fsp3) is 0.333. The minimum absolute atomic E-state index is 0.138. The predicted molar refractivity (Wildman–Crippen MR) is 118 cm³/mol. The number of nitrogens with one attached hydrogen (secondary N) is 2. The molecule has 1 fully saturated rings. The van der Waals surface area contributed by atoms with Gasteiger partial charge in [0.05, 0.1) is 17.7 Å². The van der Waals surface area contributed by atoms with Gasteiger partial charge in [0, 0.05) is 66.5 Å². The molecule has 1 saturated carbocycles. The average Bonchev–Trinajstić information content (AvgIpc) is 3.27. The maximum absolute atomic E-state index is 15.0. The van der Waals surface area contributed by atoms with Crippen molar-refractivity contribution in [1.82, 2.24) is 25.0 Å². The quantitative estimate of drug-likeness (QED) is 0.432. The van der Waals surface area contributed by atoms with Gasteiger partial charge in [-0.1, -0.05) is 12.1 Å². The van der Waals surface area contributed by atoms with Gasteiger partial charge in [0.25, 0.3) is 0 Å². The topological polar surface area (TPSA) is 74.5 Å². The van der Waals surface area contributed by atoms with E-state index in [2.05, 4.69) is 20.6 Å². The maximum atomic E-state index is 15.0. The number of halogens is 2. The first kappa shape index (κ1) is 20.9. The van der Waals surface area contributed by atoms with E-state index in [0.29, 0.717) is 24.0 Å². The van der Waals surface area contributed by atoms with Crippen LogP contribution in [0.25, 0.3) is 16.6 Å².